The minimum atomic E-state index is -3.56. The van der Waals surface area contributed by atoms with Crippen molar-refractivity contribution in [3.05, 3.63) is 77.1 Å². The molecule has 0 spiro atoms. The fourth-order valence-corrected chi connectivity index (χ4v) is 5.87. The number of nitrogens with zero attached hydrogens (tertiary/aromatic N) is 5. The quantitative estimate of drug-likeness (QED) is 0.592. The van der Waals surface area contributed by atoms with Gasteiger partial charge in [0.15, 0.2) is 5.69 Å². The Labute approximate surface area is 187 Å². The van der Waals surface area contributed by atoms with Crippen LogP contribution >= 0.6 is 0 Å². The molecule has 0 atom stereocenters. The van der Waals surface area contributed by atoms with E-state index in [2.05, 4.69) is 10.3 Å². The molecule has 1 fully saturated rings. The molecule has 0 bridgehead atoms. The van der Waals surface area contributed by atoms with Crippen LogP contribution in [-0.4, -0.2) is 64.7 Å². The van der Waals surface area contributed by atoms with E-state index in [9.17, 15) is 13.2 Å². The number of carbonyl (C=O) groups excluding carboxylic acids is 1. The molecule has 0 saturated carbocycles. The molecule has 1 aromatic heterocycles. The lowest BCUT2D eigenvalue weighted by Gasteiger charge is -2.33. The highest BCUT2D eigenvalue weighted by molar-refractivity contribution is 7.89. The number of hydrogen-bond donors (Lipinski definition) is 0. The molecule has 32 heavy (non-hydrogen) atoms. The summed E-state index contributed by atoms with van der Waals surface area (Å²) in [4.78, 5) is 14.9. The molecule has 9 heteroatoms. The third kappa shape index (κ3) is 4.05. The van der Waals surface area contributed by atoms with Crippen molar-refractivity contribution in [3.8, 4) is 0 Å². The number of rotatable bonds is 5. The van der Waals surface area contributed by atoms with Crippen LogP contribution in [0.1, 0.15) is 33.6 Å². The first-order valence-electron chi connectivity index (χ1n) is 10.9. The molecule has 1 aliphatic heterocycles. The molecular weight excluding hydrogens is 426 g/mol. The monoisotopic (exact) mass is 451 g/mol. The molecule has 1 saturated heterocycles. The van der Waals surface area contributed by atoms with Crippen LogP contribution in [0, 0.1) is 0 Å². The molecule has 0 radical (unpaired) electrons. The zero-order chi connectivity index (χ0) is 22.1. The molecule has 0 N–H and O–H groups in total. The van der Waals surface area contributed by atoms with Gasteiger partial charge in [0.25, 0.3) is 5.91 Å². The lowest BCUT2D eigenvalue weighted by atomic mass is 10.1. The van der Waals surface area contributed by atoms with Crippen molar-refractivity contribution in [2.24, 2.45) is 0 Å². The molecule has 2 aliphatic rings. The summed E-state index contributed by atoms with van der Waals surface area (Å²) >= 11 is 0. The fraction of sp³-hybridized carbons (Fsp3) is 0.348. The van der Waals surface area contributed by atoms with Crippen LogP contribution in [0.15, 0.2) is 59.6 Å². The lowest BCUT2D eigenvalue weighted by molar-refractivity contribution is 0.0692. The van der Waals surface area contributed by atoms with E-state index in [0.29, 0.717) is 24.5 Å². The van der Waals surface area contributed by atoms with E-state index in [0.717, 1.165) is 30.4 Å². The highest BCUT2D eigenvalue weighted by atomic mass is 32.2. The SMILES string of the molecule is O=C(c1cn(Cc2ccccc2)nn1)N1CCN(S(=O)(=O)c2ccc3c(c2)CCC3)CC1. The van der Waals surface area contributed by atoms with Crippen molar-refractivity contribution in [2.75, 3.05) is 26.2 Å². The standard InChI is InChI=1S/C23H25N5O3S/c29-23(22-17-27(25-24-22)16-18-5-2-1-3-6-18)26-11-13-28(14-12-26)32(30,31)21-10-9-19-7-4-8-20(19)15-21/h1-3,5-6,9-10,15,17H,4,7-8,11-14,16H2. The van der Waals surface area contributed by atoms with Gasteiger partial charge in [0.05, 0.1) is 17.6 Å². The number of aromatic nitrogens is 3. The van der Waals surface area contributed by atoms with E-state index in [1.807, 2.05) is 42.5 Å². The van der Waals surface area contributed by atoms with E-state index in [1.165, 1.54) is 9.87 Å². The Morgan fingerprint density at radius 3 is 2.47 bits per heavy atom. The maximum absolute atomic E-state index is 13.1. The van der Waals surface area contributed by atoms with Crippen molar-refractivity contribution in [3.63, 3.8) is 0 Å². The lowest BCUT2D eigenvalue weighted by Crippen LogP contribution is -2.50. The summed E-state index contributed by atoms with van der Waals surface area (Å²) in [6.45, 7) is 1.73. The molecular formula is C23H25N5O3S. The highest BCUT2D eigenvalue weighted by Crippen LogP contribution is 2.26. The average molecular weight is 452 g/mol. The first-order chi connectivity index (χ1) is 15.5. The number of aryl methyl sites for hydroxylation is 2. The van der Waals surface area contributed by atoms with E-state index in [4.69, 9.17) is 0 Å². The van der Waals surface area contributed by atoms with Crippen LogP contribution in [0.4, 0.5) is 0 Å². The Hall–Kier alpha value is -3.04. The maximum atomic E-state index is 13.1. The van der Waals surface area contributed by atoms with E-state index in [1.54, 1.807) is 21.8 Å². The molecule has 2 heterocycles. The van der Waals surface area contributed by atoms with Gasteiger partial charge >= 0.3 is 0 Å². The molecule has 3 aromatic rings. The second-order valence-electron chi connectivity index (χ2n) is 8.27. The van der Waals surface area contributed by atoms with Gasteiger partial charge < -0.3 is 4.90 Å². The number of piperazine rings is 1. The van der Waals surface area contributed by atoms with Crippen molar-refractivity contribution in [2.45, 2.75) is 30.7 Å². The van der Waals surface area contributed by atoms with Crippen LogP contribution in [0.2, 0.25) is 0 Å². The van der Waals surface area contributed by atoms with E-state index >= 15 is 0 Å². The van der Waals surface area contributed by atoms with Crippen LogP contribution in [0.25, 0.3) is 0 Å². The Kier molecular flexibility index (Phi) is 5.52. The van der Waals surface area contributed by atoms with Gasteiger partial charge in [-0.25, -0.2) is 13.1 Å². The second-order valence-corrected chi connectivity index (χ2v) is 10.2. The number of sulfonamides is 1. The second kappa shape index (κ2) is 8.48. The summed E-state index contributed by atoms with van der Waals surface area (Å²) in [6.07, 6.45) is 4.68. The van der Waals surface area contributed by atoms with Gasteiger partial charge in [0, 0.05) is 26.2 Å². The molecule has 0 unspecified atom stereocenters. The van der Waals surface area contributed by atoms with Gasteiger partial charge in [-0.05, 0) is 48.1 Å². The average Bonchev–Trinajstić information content (AvgIpc) is 3.48. The molecule has 166 valence electrons. The maximum Gasteiger partial charge on any atom is 0.276 e. The molecule has 1 amide bonds. The summed E-state index contributed by atoms with van der Waals surface area (Å²) in [5.41, 5.74) is 3.73. The van der Waals surface area contributed by atoms with Crippen LogP contribution in [-0.2, 0) is 29.4 Å². The summed E-state index contributed by atoms with van der Waals surface area (Å²) in [5.74, 6) is -0.223. The minimum absolute atomic E-state index is 0.223. The third-order valence-corrected chi connectivity index (χ3v) is 8.07. The Bertz CT molecular complexity index is 1230. The van der Waals surface area contributed by atoms with E-state index < -0.39 is 10.0 Å². The summed E-state index contributed by atoms with van der Waals surface area (Å²) in [7, 11) is -3.56. The van der Waals surface area contributed by atoms with Crippen molar-refractivity contribution >= 4 is 15.9 Å². The number of benzene rings is 2. The summed E-state index contributed by atoms with van der Waals surface area (Å²) < 4.78 is 29.3. The zero-order valence-corrected chi connectivity index (χ0v) is 18.5. The van der Waals surface area contributed by atoms with Crippen LogP contribution in [0.3, 0.4) is 0 Å². The predicted molar refractivity (Wildman–Crippen MR) is 119 cm³/mol. The normalized spacial score (nSPS) is 16.8. The van der Waals surface area contributed by atoms with Gasteiger partial charge in [-0.1, -0.05) is 41.6 Å². The first kappa shape index (κ1) is 20.8. The van der Waals surface area contributed by atoms with Crippen LogP contribution < -0.4 is 0 Å². The topological polar surface area (TPSA) is 88.4 Å². The third-order valence-electron chi connectivity index (χ3n) is 6.18. The largest absolute Gasteiger partial charge is 0.335 e. The van der Waals surface area contributed by atoms with Crippen LogP contribution in [0.5, 0.6) is 0 Å². The minimum Gasteiger partial charge on any atom is -0.335 e. The number of hydrogen-bond acceptors (Lipinski definition) is 5. The molecule has 2 aromatic carbocycles. The number of carbonyl (C=O) groups is 1. The van der Waals surface area contributed by atoms with Gasteiger partial charge in [-0.15, -0.1) is 5.10 Å². The Morgan fingerprint density at radius 2 is 1.69 bits per heavy atom. The first-order valence-corrected chi connectivity index (χ1v) is 12.3. The van der Waals surface area contributed by atoms with Crippen molar-refractivity contribution < 1.29 is 13.2 Å². The molecule has 5 rings (SSSR count). The molecule has 8 nitrogen and oxygen atoms in total. The van der Waals surface area contributed by atoms with E-state index in [-0.39, 0.29) is 24.7 Å². The zero-order valence-electron chi connectivity index (χ0n) is 17.7. The molecule has 1 aliphatic carbocycles. The fourth-order valence-electron chi connectivity index (χ4n) is 4.40. The predicted octanol–water partition coefficient (Wildman–Crippen LogP) is 1.96. The van der Waals surface area contributed by atoms with Gasteiger partial charge in [0.2, 0.25) is 10.0 Å². The van der Waals surface area contributed by atoms with Crippen molar-refractivity contribution in [1.82, 2.24) is 24.2 Å². The summed E-state index contributed by atoms with van der Waals surface area (Å²) in [5, 5.41) is 8.09. The van der Waals surface area contributed by atoms with Gasteiger partial charge in [0.1, 0.15) is 0 Å². The number of fused-ring (bicyclic) bond motifs is 1. The Balaban J connectivity index is 1.22. The smallest absolute Gasteiger partial charge is 0.276 e. The van der Waals surface area contributed by atoms with Gasteiger partial charge in [-0.2, -0.15) is 4.31 Å². The van der Waals surface area contributed by atoms with Gasteiger partial charge in [-0.3, -0.25) is 4.79 Å². The highest BCUT2D eigenvalue weighted by Gasteiger charge is 2.31. The number of amides is 1. The Morgan fingerprint density at radius 1 is 0.938 bits per heavy atom. The van der Waals surface area contributed by atoms with Crippen molar-refractivity contribution in [1.29, 1.82) is 0 Å². The summed E-state index contributed by atoms with van der Waals surface area (Å²) in [6, 6.07) is 15.3.